The first-order chi connectivity index (χ1) is 16.0. The third-order valence-corrected chi connectivity index (χ3v) is 5.83. The molecule has 1 aliphatic rings. The van der Waals surface area contributed by atoms with Gasteiger partial charge in [0.25, 0.3) is 0 Å². The molecule has 0 saturated heterocycles. The van der Waals surface area contributed by atoms with E-state index >= 15 is 0 Å². The van der Waals surface area contributed by atoms with Crippen LogP contribution in [-0.4, -0.2) is 26.2 Å². The monoisotopic (exact) mass is 449 g/mol. The summed E-state index contributed by atoms with van der Waals surface area (Å²) in [5, 5.41) is 0. The number of fused-ring (bicyclic) bond motifs is 1. The molecule has 1 heterocycles. The van der Waals surface area contributed by atoms with Gasteiger partial charge >= 0.3 is 0 Å². The maximum atomic E-state index is 14.5. The topological polar surface area (TPSA) is 48.0 Å². The number of carbonyl (C=O) groups excluding carboxylic acids is 1. The van der Waals surface area contributed by atoms with Gasteiger partial charge in [-0.15, -0.1) is 0 Å². The Labute approximate surface area is 193 Å². The molecule has 0 fully saturated rings. The van der Waals surface area contributed by atoms with Crippen molar-refractivity contribution in [3.05, 3.63) is 82.7 Å². The van der Waals surface area contributed by atoms with Crippen molar-refractivity contribution in [1.82, 2.24) is 0 Å². The number of hydrogen-bond donors (Lipinski definition) is 0. The van der Waals surface area contributed by atoms with Crippen LogP contribution < -0.4 is 19.1 Å². The number of ether oxygens (including phenoxy) is 3. The van der Waals surface area contributed by atoms with Crippen LogP contribution in [0.4, 0.5) is 10.1 Å². The highest BCUT2D eigenvalue weighted by atomic mass is 19.1. The molecule has 1 aliphatic heterocycles. The number of hydrogen-bond acceptors (Lipinski definition) is 4. The van der Waals surface area contributed by atoms with E-state index in [4.69, 9.17) is 14.2 Å². The van der Waals surface area contributed by atoms with E-state index in [1.54, 1.807) is 31.1 Å². The minimum absolute atomic E-state index is 0.113. The van der Waals surface area contributed by atoms with Crippen LogP contribution in [0.2, 0.25) is 0 Å². The van der Waals surface area contributed by atoms with Gasteiger partial charge in [0, 0.05) is 5.69 Å². The Hall–Kier alpha value is -3.54. The Morgan fingerprint density at radius 2 is 1.64 bits per heavy atom. The first-order valence-electron chi connectivity index (χ1n) is 11.1. The smallest absolute Gasteiger partial charge is 0.232 e. The van der Waals surface area contributed by atoms with Crippen molar-refractivity contribution in [1.29, 1.82) is 0 Å². The van der Waals surface area contributed by atoms with Crippen LogP contribution in [0.15, 0.2) is 54.6 Å². The van der Waals surface area contributed by atoms with Gasteiger partial charge in [0.2, 0.25) is 5.91 Å². The molecule has 0 radical (unpaired) electrons. The Morgan fingerprint density at radius 1 is 0.970 bits per heavy atom. The normalized spacial score (nSPS) is 15.2. The first-order valence-corrected chi connectivity index (χ1v) is 11.1. The van der Waals surface area contributed by atoms with Crippen LogP contribution in [0, 0.1) is 12.7 Å². The van der Waals surface area contributed by atoms with Crippen LogP contribution in [-0.2, 0) is 11.2 Å². The minimum Gasteiger partial charge on any atom is -0.497 e. The second-order valence-corrected chi connectivity index (χ2v) is 7.91. The number of methoxy groups -OCH3 is 1. The summed E-state index contributed by atoms with van der Waals surface area (Å²) in [7, 11) is 1.61. The molecule has 0 N–H and O–H groups in total. The standard InChI is InChI=1S/C27H28FNO4/c1-5-32-24-13-19-14-26(30)29(20-10-7-17(3)23(28)15-20)27(22(19)16-25(24)33-6-2)18-8-11-21(31-4)12-9-18/h7-13,15-16,27H,5-6,14H2,1-4H3. The molecule has 0 bridgehead atoms. The Bertz CT molecular complexity index is 1160. The predicted molar refractivity (Wildman–Crippen MR) is 126 cm³/mol. The lowest BCUT2D eigenvalue weighted by Crippen LogP contribution is -2.41. The molecule has 3 aromatic carbocycles. The minimum atomic E-state index is -0.454. The number of benzene rings is 3. The zero-order valence-electron chi connectivity index (χ0n) is 19.4. The molecule has 172 valence electrons. The third kappa shape index (κ3) is 4.38. The number of halogens is 1. The van der Waals surface area contributed by atoms with Crippen molar-refractivity contribution >= 4 is 11.6 Å². The highest BCUT2D eigenvalue weighted by Gasteiger charge is 2.36. The number of amides is 1. The Morgan fingerprint density at radius 3 is 2.24 bits per heavy atom. The van der Waals surface area contributed by atoms with Crippen molar-refractivity contribution < 1.29 is 23.4 Å². The molecular formula is C27H28FNO4. The molecule has 1 amide bonds. The average Bonchev–Trinajstić information content (AvgIpc) is 2.81. The summed E-state index contributed by atoms with van der Waals surface area (Å²) in [5.74, 6) is 1.51. The van der Waals surface area contributed by atoms with Gasteiger partial charge in [-0.3, -0.25) is 4.79 Å². The maximum Gasteiger partial charge on any atom is 0.232 e. The molecule has 0 saturated carbocycles. The zero-order valence-corrected chi connectivity index (χ0v) is 19.4. The molecule has 1 unspecified atom stereocenters. The van der Waals surface area contributed by atoms with Crippen LogP contribution in [0.5, 0.6) is 17.2 Å². The molecule has 1 atom stereocenters. The molecule has 0 aromatic heterocycles. The fraction of sp³-hybridized carbons (Fsp3) is 0.296. The number of anilines is 1. The van der Waals surface area contributed by atoms with Gasteiger partial charge in [0.1, 0.15) is 11.6 Å². The summed E-state index contributed by atoms with van der Waals surface area (Å²) in [4.78, 5) is 15.1. The molecular weight excluding hydrogens is 421 g/mol. The first kappa shape index (κ1) is 22.6. The van der Waals surface area contributed by atoms with Crippen molar-refractivity contribution in [2.24, 2.45) is 0 Å². The van der Waals surface area contributed by atoms with Gasteiger partial charge in [0.05, 0.1) is 32.8 Å². The fourth-order valence-corrected chi connectivity index (χ4v) is 4.23. The van der Waals surface area contributed by atoms with Gasteiger partial charge in [-0.1, -0.05) is 18.2 Å². The summed E-state index contributed by atoms with van der Waals surface area (Å²) in [5.41, 5.74) is 3.73. The largest absolute Gasteiger partial charge is 0.497 e. The second-order valence-electron chi connectivity index (χ2n) is 7.91. The van der Waals surface area contributed by atoms with Gasteiger partial charge < -0.3 is 19.1 Å². The summed E-state index contributed by atoms with van der Waals surface area (Å²) in [6.07, 6.45) is 0.184. The molecule has 0 spiro atoms. The van der Waals surface area contributed by atoms with Crippen molar-refractivity contribution in [2.45, 2.75) is 33.2 Å². The van der Waals surface area contributed by atoms with E-state index < -0.39 is 6.04 Å². The number of nitrogens with zero attached hydrogens (tertiary/aromatic N) is 1. The quantitative estimate of drug-likeness (QED) is 0.470. The summed E-state index contributed by atoms with van der Waals surface area (Å²) in [6.45, 7) is 6.51. The van der Waals surface area contributed by atoms with Crippen molar-refractivity contribution in [3.8, 4) is 17.2 Å². The van der Waals surface area contributed by atoms with E-state index in [1.165, 1.54) is 6.07 Å². The zero-order chi connectivity index (χ0) is 23.5. The fourth-order valence-electron chi connectivity index (χ4n) is 4.23. The van der Waals surface area contributed by atoms with Gasteiger partial charge in [-0.2, -0.15) is 0 Å². The van der Waals surface area contributed by atoms with E-state index in [2.05, 4.69) is 0 Å². The predicted octanol–water partition coefficient (Wildman–Crippen LogP) is 5.62. The maximum absolute atomic E-state index is 14.5. The van der Waals surface area contributed by atoms with Crippen molar-refractivity contribution in [2.75, 3.05) is 25.2 Å². The van der Waals surface area contributed by atoms with Gasteiger partial charge in [-0.05, 0) is 79.4 Å². The molecule has 5 nitrogen and oxygen atoms in total. The number of rotatable bonds is 7. The van der Waals surface area contributed by atoms with Crippen LogP contribution in [0.1, 0.15) is 42.1 Å². The number of carbonyl (C=O) groups is 1. The molecule has 3 aromatic rings. The van der Waals surface area contributed by atoms with E-state index in [1.807, 2.05) is 50.2 Å². The lowest BCUT2D eigenvalue weighted by molar-refractivity contribution is -0.118. The SMILES string of the molecule is CCOc1cc2c(cc1OCC)C(c1ccc(OC)cc1)N(c1ccc(C)c(F)c1)C(=O)C2. The summed E-state index contributed by atoms with van der Waals surface area (Å²) in [6, 6.07) is 15.9. The van der Waals surface area contributed by atoms with E-state index in [0.717, 1.165) is 22.4 Å². The molecule has 6 heteroatoms. The van der Waals surface area contributed by atoms with Gasteiger partial charge in [0.15, 0.2) is 11.5 Å². The Balaban J connectivity index is 1.92. The lowest BCUT2D eigenvalue weighted by Gasteiger charge is -2.38. The second kappa shape index (κ2) is 9.53. The highest BCUT2D eigenvalue weighted by molar-refractivity contribution is 5.98. The van der Waals surface area contributed by atoms with E-state index in [0.29, 0.717) is 36.0 Å². The summed E-state index contributed by atoms with van der Waals surface area (Å²) < 4.78 is 31.5. The van der Waals surface area contributed by atoms with Gasteiger partial charge in [-0.25, -0.2) is 4.39 Å². The molecule has 4 rings (SSSR count). The Kier molecular flexibility index (Phi) is 6.54. The van der Waals surface area contributed by atoms with E-state index in [9.17, 15) is 9.18 Å². The molecule has 0 aliphatic carbocycles. The average molecular weight is 450 g/mol. The van der Waals surface area contributed by atoms with Crippen molar-refractivity contribution in [3.63, 3.8) is 0 Å². The molecule has 33 heavy (non-hydrogen) atoms. The van der Waals surface area contributed by atoms with E-state index in [-0.39, 0.29) is 18.1 Å². The number of aryl methyl sites for hydroxylation is 1. The van der Waals surface area contributed by atoms with Crippen LogP contribution in [0.3, 0.4) is 0 Å². The lowest BCUT2D eigenvalue weighted by atomic mass is 9.86. The summed E-state index contributed by atoms with van der Waals surface area (Å²) >= 11 is 0. The van der Waals surface area contributed by atoms with Crippen LogP contribution >= 0.6 is 0 Å². The van der Waals surface area contributed by atoms with Crippen LogP contribution in [0.25, 0.3) is 0 Å². The highest BCUT2D eigenvalue weighted by Crippen LogP contribution is 2.43. The third-order valence-electron chi connectivity index (χ3n) is 5.83.